The van der Waals surface area contributed by atoms with E-state index >= 15 is 0 Å². The van der Waals surface area contributed by atoms with Gasteiger partial charge in [-0.15, -0.1) is 0 Å². The number of hydrogen-bond acceptors (Lipinski definition) is 3. The third-order valence-electron chi connectivity index (χ3n) is 6.88. The molecule has 0 bridgehead atoms. The Morgan fingerprint density at radius 3 is 2.39 bits per heavy atom. The van der Waals surface area contributed by atoms with Crippen LogP contribution in [0.25, 0.3) is 21.7 Å². The second-order valence-corrected chi connectivity index (χ2v) is 10.8. The second-order valence-electron chi connectivity index (χ2n) is 9.55. The van der Waals surface area contributed by atoms with Crippen LogP contribution in [0.15, 0.2) is 102 Å². The molecule has 3 nitrogen and oxygen atoms in total. The zero-order chi connectivity index (χ0) is 25.3. The lowest BCUT2D eigenvalue weighted by atomic mass is 9.71. The summed E-state index contributed by atoms with van der Waals surface area (Å²) in [6, 6.07) is 32.6. The van der Waals surface area contributed by atoms with Crippen molar-refractivity contribution >= 4 is 49.2 Å². The molecule has 5 rings (SSSR count). The fourth-order valence-electron chi connectivity index (χ4n) is 5.13. The van der Waals surface area contributed by atoms with Gasteiger partial charge in [0.05, 0.1) is 5.52 Å². The normalized spacial score (nSPS) is 14.3. The summed E-state index contributed by atoms with van der Waals surface area (Å²) in [6.07, 6.45) is 0.514. The number of fused-ring (bicyclic) bond motifs is 2. The van der Waals surface area contributed by atoms with E-state index in [9.17, 15) is 5.11 Å². The van der Waals surface area contributed by atoms with Gasteiger partial charge in [-0.05, 0) is 66.7 Å². The summed E-state index contributed by atoms with van der Waals surface area (Å²) in [6.45, 7) is 0.702. The van der Waals surface area contributed by atoms with Crippen LogP contribution in [0, 0.1) is 0 Å². The molecule has 2 atom stereocenters. The van der Waals surface area contributed by atoms with Crippen molar-refractivity contribution in [3.05, 3.63) is 123 Å². The molecule has 0 saturated carbocycles. The standard InChI is InChI=1S/C31H28BrClN2O/c1-35(2)18-17-31(36,27-14-8-12-21-9-6-7-13-25(21)27)29(22-10-4-3-5-11-22)26-20-23-19-24(32)15-16-28(23)34-30(26)33/h3-16,19-20,29,36H,17-18H2,1-2H3/t29?,31-/m1/s1. The second kappa shape index (κ2) is 10.3. The molecule has 1 N–H and O–H groups in total. The van der Waals surface area contributed by atoms with Crippen molar-refractivity contribution in [2.45, 2.75) is 17.9 Å². The van der Waals surface area contributed by atoms with Crippen molar-refractivity contribution in [2.24, 2.45) is 0 Å². The summed E-state index contributed by atoms with van der Waals surface area (Å²) in [5.74, 6) is -0.437. The lowest BCUT2D eigenvalue weighted by molar-refractivity contribution is 0.00586. The summed E-state index contributed by atoms with van der Waals surface area (Å²) in [7, 11) is 4.06. The third kappa shape index (κ3) is 4.79. The predicted molar refractivity (Wildman–Crippen MR) is 154 cm³/mol. The lowest BCUT2D eigenvalue weighted by Gasteiger charge is -2.39. The molecule has 0 amide bonds. The van der Waals surface area contributed by atoms with E-state index in [-0.39, 0.29) is 0 Å². The van der Waals surface area contributed by atoms with Crippen molar-refractivity contribution < 1.29 is 5.11 Å². The number of hydrogen-bond donors (Lipinski definition) is 1. The van der Waals surface area contributed by atoms with E-state index in [1.807, 2.05) is 74.8 Å². The summed E-state index contributed by atoms with van der Waals surface area (Å²) < 4.78 is 0.971. The van der Waals surface area contributed by atoms with Gasteiger partial charge in [0.2, 0.25) is 0 Å². The summed E-state index contributed by atoms with van der Waals surface area (Å²) >= 11 is 10.5. The van der Waals surface area contributed by atoms with Crippen LogP contribution in [-0.2, 0) is 5.60 Å². The van der Waals surface area contributed by atoms with Gasteiger partial charge in [-0.2, -0.15) is 0 Å². The minimum atomic E-state index is -1.25. The molecular formula is C31H28BrClN2O. The minimum absolute atomic E-state index is 0.405. The molecule has 0 aliphatic carbocycles. The molecule has 4 aromatic carbocycles. The number of rotatable bonds is 7. The molecule has 5 aromatic rings. The average Bonchev–Trinajstić information content (AvgIpc) is 2.88. The van der Waals surface area contributed by atoms with Gasteiger partial charge in [-0.1, -0.05) is 100 Å². The Labute approximate surface area is 225 Å². The van der Waals surface area contributed by atoms with E-state index in [0.717, 1.165) is 42.8 Å². The minimum Gasteiger partial charge on any atom is -0.384 e. The van der Waals surface area contributed by atoms with Crippen molar-refractivity contribution in [2.75, 3.05) is 20.6 Å². The molecule has 1 heterocycles. The van der Waals surface area contributed by atoms with Gasteiger partial charge in [0.25, 0.3) is 0 Å². The number of aromatic nitrogens is 1. The number of pyridine rings is 1. The highest BCUT2D eigenvalue weighted by Crippen LogP contribution is 2.48. The Morgan fingerprint density at radius 1 is 0.889 bits per heavy atom. The van der Waals surface area contributed by atoms with Crippen molar-refractivity contribution in [3.8, 4) is 0 Å². The lowest BCUT2D eigenvalue weighted by Crippen LogP contribution is -2.38. The first kappa shape index (κ1) is 24.9. The maximum absolute atomic E-state index is 12.9. The van der Waals surface area contributed by atoms with Crippen molar-refractivity contribution in [3.63, 3.8) is 0 Å². The monoisotopic (exact) mass is 558 g/mol. The Hall–Kier alpha value is -2.76. The SMILES string of the molecule is CN(C)CC[C@@](O)(c1cccc2ccccc12)C(c1ccccc1)c1cc2cc(Br)ccc2nc1Cl. The van der Waals surface area contributed by atoms with Crippen molar-refractivity contribution in [1.29, 1.82) is 0 Å². The fourth-order valence-corrected chi connectivity index (χ4v) is 5.77. The highest BCUT2D eigenvalue weighted by molar-refractivity contribution is 9.10. The van der Waals surface area contributed by atoms with Crippen LogP contribution in [-0.4, -0.2) is 35.6 Å². The molecule has 36 heavy (non-hydrogen) atoms. The molecule has 1 unspecified atom stereocenters. The molecular weight excluding hydrogens is 532 g/mol. The Kier molecular flexibility index (Phi) is 7.14. The van der Waals surface area contributed by atoms with Gasteiger partial charge in [0.15, 0.2) is 0 Å². The number of aliphatic hydroxyl groups is 1. The van der Waals surface area contributed by atoms with E-state index in [0.29, 0.717) is 18.1 Å². The van der Waals surface area contributed by atoms with Crippen LogP contribution in [0.1, 0.15) is 29.0 Å². The molecule has 0 saturated heterocycles. The smallest absolute Gasteiger partial charge is 0.133 e. The van der Waals surface area contributed by atoms with Gasteiger partial charge in [0, 0.05) is 27.9 Å². The Morgan fingerprint density at radius 2 is 1.61 bits per heavy atom. The molecule has 0 radical (unpaired) electrons. The van der Waals surface area contributed by atoms with Crippen LogP contribution in [0.4, 0.5) is 0 Å². The van der Waals surface area contributed by atoms with Crippen LogP contribution < -0.4 is 0 Å². The fraction of sp³-hybridized carbons (Fsp3) is 0.194. The average molecular weight is 560 g/mol. The molecule has 0 fully saturated rings. The third-order valence-corrected chi connectivity index (χ3v) is 7.67. The molecule has 182 valence electrons. The summed E-state index contributed by atoms with van der Waals surface area (Å²) in [4.78, 5) is 6.86. The van der Waals surface area contributed by atoms with E-state index in [1.54, 1.807) is 0 Å². The molecule has 0 spiro atoms. The van der Waals surface area contributed by atoms with Gasteiger partial charge >= 0.3 is 0 Å². The molecule has 5 heteroatoms. The largest absolute Gasteiger partial charge is 0.384 e. The first-order valence-corrected chi connectivity index (χ1v) is 13.2. The summed E-state index contributed by atoms with van der Waals surface area (Å²) in [5, 5.41) is 16.4. The van der Waals surface area contributed by atoms with Crippen LogP contribution >= 0.6 is 27.5 Å². The zero-order valence-corrected chi connectivity index (χ0v) is 22.7. The maximum Gasteiger partial charge on any atom is 0.133 e. The maximum atomic E-state index is 12.9. The summed E-state index contributed by atoms with van der Waals surface area (Å²) in [5.41, 5.74) is 2.26. The van der Waals surface area contributed by atoms with Crippen LogP contribution in [0.2, 0.25) is 5.15 Å². The molecule has 0 aliphatic rings. The quantitative estimate of drug-likeness (QED) is 0.207. The highest BCUT2D eigenvalue weighted by atomic mass is 79.9. The highest BCUT2D eigenvalue weighted by Gasteiger charge is 2.42. The Bertz CT molecular complexity index is 1520. The van der Waals surface area contributed by atoms with Gasteiger partial charge < -0.3 is 10.0 Å². The molecule has 0 aliphatic heterocycles. The van der Waals surface area contributed by atoms with E-state index in [1.165, 1.54) is 0 Å². The first-order chi connectivity index (χ1) is 17.4. The first-order valence-electron chi connectivity index (χ1n) is 12.0. The van der Waals surface area contributed by atoms with E-state index in [4.69, 9.17) is 16.6 Å². The van der Waals surface area contributed by atoms with Gasteiger partial charge in [-0.25, -0.2) is 4.98 Å². The number of nitrogens with zero attached hydrogens (tertiary/aromatic N) is 2. The zero-order valence-electron chi connectivity index (χ0n) is 20.3. The predicted octanol–water partition coefficient (Wildman–Crippen LogP) is 7.78. The van der Waals surface area contributed by atoms with Crippen molar-refractivity contribution in [1.82, 2.24) is 9.88 Å². The van der Waals surface area contributed by atoms with Gasteiger partial charge in [0.1, 0.15) is 10.8 Å². The van der Waals surface area contributed by atoms with E-state index in [2.05, 4.69) is 57.2 Å². The topological polar surface area (TPSA) is 36.4 Å². The number of benzene rings is 4. The Balaban J connectivity index is 1.82. The van der Waals surface area contributed by atoms with Crippen LogP contribution in [0.3, 0.4) is 0 Å². The van der Waals surface area contributed by atoms with Crippen LogP contribution in [0.5, 0.6) is 0 Å². The number of halogens is 2. The van der Waals surface area contributed by atoms with Gasteiger partial charge in [-0.3, -0.25) is 0 Å². The molecule has 1 aromatic heterocycles. The van der Waals surface area contributed by atoms with E-state index < -0.39 is 11.5 Å².